The Morgan fingerprint density at radius 3 is 2.86 bits per heavy atom. The third-order valence-electron chi connectivity index (χ3n) is 2.01. The van der Waals surface area contributed by atoms with E-state index in [1.165, 1.54) is 0 Å². The number of nitrogens with zero attached hydrogens (tertiary/aromatic N) is 1. The molecule has 0 saturated heterocycles. The molecule has 0 aliphatic heterocycles. The number of hydrogen-bond acceptors (Lipinski definition) is 3. The summed E-state index contributed by atoms with van der Waals surface area (Å²) in [5, 5.41) is 13.1. The maximum atomic E-state index is 9.55. The van der Waals surface area contributed by atoms with Crippen molar-refractivity contribution in [2.45, 2.75) is 20.0 Å². The van der Waals surface area contributed by atoms with E-state index in [9.17, 15) is 5.11 Å². The second kappa shape index (κ2) is 5.17. The van der Waals surface area contributed by atoms with Crippen LogP contribution in [0, 0.1) is 5.92 Å². The normalized spacial score (nSPS) is 12.9. The van der Waals surface area contributed by atoms with Gasteiger partial charge in [0, 0.05) is 18.4 Å². The summed E-state index contributed by atoms with van der Waals surface area (Å²) >= 11 is 5.71. The molecule has 1 rings (SSSR count). The smallest absolute Gasteiger partial charge is 0.131 e. The number of halogens is 1. The summed E-state index contributed by atoms with van der Waals surface area (Å²) in [6.07, 6.45) is 1.29. The van der Waals surface area contributed by atoms with Gasteiger partial charge in [0.05, 0.1) is 6.10 Å². The Bertz CT molecular complexity index is 291. The summed E-state index contributed by atoms with van der Waals surface area (Å²) in [6, 6.07) is 3.55. The van der Waals surface area contributed by atoms with Crippen molar-refractivity contribution in [1.82, 2.24) is 4.98 Å². The highest BCUT2D eigenvalue weighted by Crippen LogP contribution is 2.12. The number of pyridine rings is 1. The van der Waals surface area contributed by atoms with Gasteiger partial charge in [0.25, 0.3) is 0 Å². The quantitative estimate of drug-likeness (QED) is 0.756. The average Bonchev–Trinajstić information content (AvgIpc) is 2.14. The van der Waals surface area contributed by atoms with Gasteiger partial charge in [-0.1, -0.05) is 25.4 Å². The number of rotatable bonds is 4. The first kappa shape index (κ1) is 11.3. The van der Waals surface area contributed by atoms with Gasteiger partial charge in [0.2, 0.25) is 0 Å². The predicted octanol–water partition coefficient (Wildman–Crippen LogP) is 2.16. The molecule has 0 spiro atoms. The van der Waals surface area contributed by atoms with Gasteiger partial charge in [-0.2, -0.15) is 0 Å². The minimum atomic E-state index is -0.345. The van der Waals surface area contributed by atoms with E-state index >= 15 is 0 Å². The zero-order valence-corrected chi connectivity index (χ0v) is 9.12. The van der Waals surface area contributed by atoms with E-state index in [0.717, 1.165) is 5.69 Å². The van der Waals surface area contributed by atoms with Gasteiger partial charge < -0.3 is 10.4 Å². The summed E-state index contributed by atoms with van der Waals surface area (Å²) in [7, 11) is 0. The van der Waals surface area contributed by atoms with E-state index in [2.05, 4.69) is 10.3 Å². The van der Waals surface area contributed by atoms with Crippen LogP contribution in [0.25, 0.3) is 0 Å². The maximum Gasteiger partial charge on any atom is 0.131 e. The molecule has 0 amide bonds. The van der Waals surface area contributed by atoms with Gasteiger partial charge in [0.1, 0.15) is 5.15 Å². The highest BCUT2D eigenvalue weighted by Gasteiger charge is 2.08. The molecule has 1 atom stereocenters. The number of anilines is 1. The van der Waals surface area contributed by atoms with Gasteiger partial charge in [0.15, 0.2) is 0 Å². The minimum Gasteiger partial charge on any atom is -0.391 e. The summed E-state index contributed by atoms with van der Waals surface area (Å²) in [5.74, 6) is 0.250. The molecule has 4 heteroatoms. The van der Waals surface area contributed by atoms with Crippen LogP contribution in [0.2, 0.25) is 5.15 Å². The molecule has 0 saturated carbocycles. The molecule has 78 valence electrons. The molecule has 0 fully saturated rings. The predicted molar refractivity (Wildman–Crippen MR) is 58.6 cm³/mol. The Morgan fingerprint density at radius 1 is 1.57 bits per heavy atom. The molecular formula is C10H15ClN2O. The first-order chi connectivity index (χ1) is 6.59. The van der Waals surface area contributed by atoms with E-state index in [4.69, 9.17) is 11.6 Å². The standard InChI is InChI=1S/C10H15ClN2O/c1-7(2)9(14)6-13-8-3-4-12-10(11)5-8/h3-5,7,9,14H,6H2,1-2H3,(H,12,13). The van der Waals surface area contributed by atoms with Crippen LogP contribution in [0.3, 0.4) is 0 Å². The first-order valence-electron chi connectivity index (χ1n) is 4.63. The lowest BCUT2D eigenvalue weighted by Gasteiger charge is -2.15. The van der Waals surface area contributed by atoms with Crippen LogP contribution in [-0.2, 0) is 0 Å². The van der Waals surface area contributed by atoms with E-state index in [0.29, 0.717) is 11.7 Å². The summed E-state index contributed by atoms with van der Waals surface area (Å²) in [6.45, 7) is 4.48. The Kier molecular flexibility index (Phi) is 4.17. The largest absolute Gasteiger partial charge is 0.391 e. The molecule has 0 radical (unpaired) electrons. The molecule has 0 aliphatic rings. The van der Waals surface area contributed by atoms with E-state index in [1.54, 1.807) is 12.3 Å². The highest BCUT2D eigenvalue weighted by atomic mass is 35.5. The lowest BCUT2D eigenvalue weighted by atomic mass is 10.1. The van der Waals surface area contributed by atoms with Crippen molar-refractivity contribution in [3.63, 3.8) is 0 Å². The van der Waals surface area contributed by atoms with E-state index in [1.807, 2.05) is 19.9 Å². The molecule has 0 bridgehead atoms. The van der Waals surface area contributed by atoms with Crippen molar-refractivity contribution in [3.8, 4) is 0 Å². The van der Waals surface area contributed by atoms with Gasteiger partial charge in [-0.05, 0) is 18.1 Å². The van der Waals surface area contributed by atoms with Crippen LogP contribution in [0.1, 0.15) is 13.8 Å². The van der Waals surface area contributed by atoms with Crippen LogP contribution in [-0.4, -0.2) is 22.7 Å². The second-order valence-electron chi connectivity index (χ2n) is 3.56. The van der Waals surface area contributed by atoms with Crippen LogP contribution >= 0.6 is 11.6 Å². The van der Waals surface area contributed by atoms with Crippen LogP contribution in [0.4, 0.5) is 5.69 Å². The number of nitrogens with one attached hydrogen (secondary N) is 1. The van der Waals surface area contributed by atoms with E-state index in [-0.39, 0.29) is 12.0 Å². The molecule has 1 heterocycles. The summed E-state index contributed by atoms with van der Waals surface area (Å²) in [4.78, 5) is 3.86. The molecule has 3 nitrogen and oxygen atoms in total. The zero-order chi connectivity index (χ0) is 10.6. The van der Waals surface area contributed by atoms with Gasteiger partial charge in [-0.15, -0.1) is 0 Å². The van der Waals surface area contributed by atoms with E-state index < -0.39 is 0 Å². The number of aromatic nitrogens is 1. The third kappa shape index (κ3) is 3.52. The summed E-state index contributed by atoms with van der Waals surface area (Å²) < 4.78 is 0. The monoisotopic (exact) mass is 214 g/mol. The zero-order valence-electron chi connectivity index (χ0n) is 8.37. The molecule has 14 heavy (non-hydrogen) atoms. The maximum absolute atomic E-state index is 9.55. The highest BCUT2D eigenvalue weighted by molar-refractivity contribution is 6.29. The van der Waals surface area contributed by atoms with Gasteiger partial charge >= 0.3 is 0 Å². The fraction of sp³-hybridized carbons (Fsp3) is 0.500. The molecule has 0 aliphatic carbocycles. The van der Waals surface area contributed by atoms with Crippen LogP contribution in [0.5, 0.6) is 0 Å². The number of hydrogen-bond donors (Lipinski definition) is 2. The molecule has 1 unspecified atom stereocenters. The fourth-order valence-corrected chi connectivity index (χ4v) is 1.14. The lowest BCUT2D eigenvalue weighted by molar-refractivity contribution is 0.138. The topological polar surface area (TPSA) is 45.1 Å². The SMILES string of the molecule is CC(C)C(O)CNc1ccnc(Cl)c1. The second-order valence-corrected chi connectivity index (χ2v) is 3.95. The van der Waals surface area contributed by atoms with Gasteiger partial charge in [-0.3, -0.25) is 0 Å². The number of aliphatic hydroxyl groups excluding tert-OH is 1. The molecule has 2 N–H and O–H groups in total. The average molecular weight is 215 g/mol. The van der Waals surface area contributed by atoms with Crippen molar-refractivity contribution in [3.05, 3.63) is 23.5 Å². The van der Waals surface area contributed by atoms with Crippen molar-refractivity contribution >= 4 is 17.3 Å². The third-order valence-corrected chi connectivity index (χ3v) is 2.22. The van der Waals surface area contributed by atoms with Crippen LogP contribution in [0.15, 0.2) is 18.3 Å². The Labute approximate surface area is 89.1 Å². The molecule has 1 aromatic rings. The first-order valence-corrected chi connectivity index (χ1v) is 5.01. The number of aliphatic hydroxyl groups is 1. The Balaban J connectivity index is 2.45. The summed E-state index contributed by atoms with van der Waals surface area (Å²) in [5.41, 5.74) is 0.879. The Hall–Kier alpha value is -0.800. The van der Waals surface area contributed by atoms with Crippen molar-refractivity contribution < 1.29 is 5.11 Å². The molecular weight excluding hydrogens is 200 g/mol. The van der Waals surface area contributed by atoms with Gasteiger partial charge in [-0.25, -0.2) is 4.98 Å². The minimum absolute atomic E-state index is 0.250. The van der Waals surface area contributed by atoms with Crippen LogP contribution < -0.4 is 5.32 Å². The van der Waals surface area contributed by atoms with Crippen molar-refractivity contribution in [1.29, 1.82) is 0 Å². The molecule has 0 aromatic carbocycles. The lowest BCUT2D eigenvalue weighted by Crippen LogP contribution is -2.24. The van der Waals surface area contributed by atoms with Crippen molar-refractivity contribution in [2.24, 2.45) is 5.92 Å². The Morgan fingerprint density at radius 2 is 2.29 bits per heavy atom. The van der Waals surface area contributed by atoms with Crippen molar-refractivity contribution in [2.75, 3.05) is 11.9 Å². The molecule has 1 aromatic heterocycles. The fourth-order valence-electron chi connectivity index (χ4n) is 0.971.